The Hall–Kier alpha value is -2.27. The molecule has 1 aromatic heterocycles. The Bertz CT molecular complexity index is 644. The number of phenols is 1. The number of nitrogens with zero attached hydrogens (tertiary/aromatic N) is 1. The number of amides is 1. The standard InChI is InChI=1S/C13H12ClN3O2/c1-7-4-8(15)6-16-12(7)17-13(19)10-5-9(18)2-3-11(10)14/h2-6,18H,15H2,1H3,(H,16,17,19). The predicted molar refractivity (Wildman–Crippen MR) is 74.5 cm³/mol. The van der Waals surface area contributed by atoms with Crippen LogP contribution in [0.4, 0.5) is 11.5 Å². The lowest BCUT2D eigenvalue weighted by molar-refractivity contribution is 0.102. The fraction of sp³-hybridized carbons (Fsp3) is 0.0769. The molecule has 0 atom stereocenters. The summed E-state index contributed by atoms with van der Waals surface area (Å²) >= 11 is 5.91. The first kappa shape index (κ1) is 13.2. The molecule has 0 unspecified atom stereocenters. The number of carbonyl (C=O) groups is 1. The minimum atomic E-state index is -0.443. The number of nitrogens with one attached hydrogen (secondary N) is 1. The summed E-state index contributed by atoms with van der Waals surface area (Å²) in [5, 5.41) is 12.2. The summed E-state index contributed by atoms with van der Waals surface area (Å²) in [6, 6.07) is 5.86. The monoisotopic (exact) mass is 277 g/mol. The van der Waals surface area contributed by atoms with Gasteiger partial charge in [0.05, 0.1) is 22.5 Å². The summed E-state index contributed by atoms with van der Waals surface area (Å²) in [6.45, 7) is 1.78. The van der Waals surface area contributed by atoms with Gasteiger partial charge in [-0.2, -0.15) is 0 Å². The first-order valence-corrected chi connectivity index (χ1v) is 5.87. The molecule has 0 bridgehead atoms. The van der Waals surface area contributed by atoms with Gasteiger partial charge in [-0.15, -0.1) is 0 Å². The number of carbonyl (C=O) groups excluding carboxylic acids is 1. The van der Waals surface area contributed by atoms with E-state index in [9.17, 15) is 9.90 Å². The Balaban J connectivity index is 2.28. The number of halogens is 1. The third-order valence-corrected chi connectivity index (χ3v) is 2.86. The number of aromatic nitrogens is 1. The van der Waals surface area contributed by atoms with E-state index in [2.05, 4.69) is 10.3 Å². The van der Waals surface area contributed by atoms with Crippen LogP contribution in [0.2, 0.25) is 5.02 Å². The summed E-state index contributed by atoms with van der Waals surface area (Å²) in [5.41, 5.74) is 7.02. The second-order valence-corrected chi connectivity index (χ2v) is 4.46. The zero-order valence-electron chi connectivity index (χ0n) is 10.1. The molecular weight excluding hydrogens is 266 g/mol. The van der Waals surface area contributed by atoms with Crippen LogP contribution >= 0.6 is 11.6 Å². The molecule has 0 radical (unpaired) electrons. The van der Waals surface area contributed by atoms with Crippen molar-refractivity contribution in [3.05, 3.63) is 46.6 Å². The van der Waals surface area contributed by atoms with Crippen molar-refractivity contribution in [2.45, 2.75) is 6.92 Å². The summed E-state index contributed by atoms with van der Waals surface area (Å²) in [7, 11) is 0. The molecule has 0 saturated heterocycles. The van der Waals surface area contributed by atoms with E-state index in [0.29, 0.717) is 11.5 Å². The lowest BCUT2D eigenvalue weighted by Crippen LogP contribution is -2.14. The lowest BCUT2D eigenvalue weighted by atomic mass is 10.2. The number of hydrogen-bond donors (Lipinski definition) is 3. The number of rotatable bonds is 2. The molecule has 0 aliphatic rings. The molecule has 0 fully saturated rings. The van der Waals surface area contributed by atoms with Crippen molar-refractivity contribution >= 4 is 29.0 Å². The van der Waals surface area contributed by atoms with Gasteiger partial charge in [-0.25, -0.2) is 4.98 Å². The third kappa shape index (κ3) is 2.95. The number of phenolic OH excluding ortho intramolecular Hbond substituents is 1. The molecule has 0 aliphatic carbocycles. The van der Waals surface area contributed by atoms with E-state index in [0.717, 1.165) is 5.56 Å². The number of aryl methyl sites for hydroxylation is 1. The van der Waals surface area contributed by atoms with E-state index >= 15 is 0 Å². The van der Waals surface area contributed by atoms with Crippen molar-refractivity contribution < 1.29 is 9.90 Å². The van der Waals surface area contributed by atoms with Gasteiger partial charge < -0.3 is 16.2 Å². The van der Waals surface area contributed by atoms with E-state index in [4.69, 9.17) is 17.3 Å². The Morgan fingerprint density at radius 3 is 2.84 bits per heavy atom. The Morgan fingerprint density at radius 2 is 2.16 bits per heavy atom. The molecule has 98 valence electrons. The third-order valence-electron chi connectivity index (χ3n) is 2.53. The number of hydrogen-bond acceptors (Lipinski definition) is 4. The maximum atomic E-state index is 12.0. The van der Waals surface area contributed by atoms with E-state index in [1.54, 1.807) is 13.0 Å². The van der Waals surface area contributed by atoms with Crippen molar-refractivity contribution in [2.24, 2.45) is 0 Å². The molecule has 19 heavy (non-hydrogen) atoms. The van der Waals surface area contributed by atoms with Gasteiger partial charge >= 0.3 is 0 Å². The highest BCUT2D eigenvalue weighted by atomic mass is 35.5. The van der Waals surface area contributed by atoms with E-state index in [-0.39, 0.29) is 16.3 Å². The van der Waals surface area contributed by atoms with Gasteiger partial charge in [0, 0.05) is 0 Å². The molecule has 1 heterocycles. The highest BCUT2D eigenvalue weighted by molar-refractivity contribution is 6.34. The maximum absolute atomic E-state index is 12.0. The number of benzene rings is 1. The van der Waals surface area contributed by atoms with Gasteiger partial charge in [0.25, 0.3) is 5.91 Å². The van der Waals surface area contributed by atoms with Gasteiger partial charge in [0.1, 0.15) is 11.6 Å². The van der Waals surface area contributed by atoms with Gasteiger partial charge in [-0.05, 0) is 36.8 Å². The van der Waals surface area contributed by atoms with Crippen molar-refractivity contribution in [2.75, 3.05) is 11.1 Å². The molecule has 4 N–H and O–H groups in total. The normalized spacial score (nSPS) is 10.2. The smallest absolute Gasteiger partial charge is 0.258 e. The van der Waals surface area contributed by atoms with Crippen molar-refractivity contribution in [3.8, 4) is 5.75 Å². The quantitative estimate of drug-likeness (QED) is 0.787. The fourth-order valence-electron chi connectivity index (χ4n) is 1.59. The molecule has 1 amide bonds. The average Bonchev–Trinajstić information content (AvgIpc) is 2.35. The Kier molecular flexibility index (Phi) is 3.57. The topological polar surface area (TPSA) is 88.2 Å². The Morgan fingerprint density at radius 1 is 1.42 bits per heavy atom. The summed E-state index contributed by atoms with van der Waals surface area (Å²) in [5.74, 6) is -0.0728. The summed E-state index contributed by atoms with van der Waals surface area (Å²) in [6.07, 6.45) is 1.45. The highest BCUT2D eigenvalue weighted by Gasteiger charge is 2.13. The summed E-state index contributed by atoms with van der Waals surface area (Å²) < 4.78 is 0. The van der Waals surface area contributed by atoms with Gasteiger partial charge in [0.15, 0.2) is 0 Å². The minimum absolute atomic E-state index is 0.0310. The molecule has 0 spiro atoms. The molecular formula is C13H12ClN3O2. The first-order valence-electron chi connectivity index (χ1n) is 5.49. The van der Waals surface area contributed by atoms with Gasteiger partial charge in [-0.1, -0.05) is 11.6 Å². The van der Waals surface area contributed by atoms with Crippen LogP contribution < -0.4 is 11.1 Å². The number of nitrogen functional groups attached to an aromatic ring is 1. The van der Waals surface area contributed by atoms with Crippen molar-refractivity contribution in [1.29, 1.82) is 0 Å². The van der Waals surface area contributed by atoms with Crippen molar-refractivity contribution in [1.82, 2.24) is 4.98 Å². The molecule has 1 aromatic carbocycles. The number of nitrogens with two attached hydrogens (primary N) is 1. The highest BCUT2D eigenvalue weighted by Crippen LogP contribution is 2.23. The molecule has 0 saturated carbocycles. The fourth-order valence-corrected chi connectivity index (χ4v) is 1.79. The van der Waals surface area contributed by atoms with Crippen LogP contribution in [0.3, 0.4) is 0 Å². The average molecular weight is 278 g/mol. The Labute approximate surface area is 115 Å². The van der Waals surface area contributed by atoms with Gasteiger partial charge in [-0.3, -0.25) is 4.79 Å². The molecule has 6 heteroatoms. The molecule has 5 nitrogen and oxygen atoms in total. The largest absolute Gasteiger partial charge is 0.508 e. The predicted octanol–water partition coefficient (Wildman–Crippen LogP) is 2.58. The maximum Gasteiger partial charge on any atom is 0.258 e. The van der Waals surface area contributed by atoms with Crippen LogP contribution in [-0.2, 0) is 0 Å². The van der Waals surface area contributed by atoms with Crippen LogP contribution in [0, 0.1) is 6.92 Å². The lowest BCUT2D eigenvalue weighted by Gasteiger charge is -2.09. The number of anilines is 2. The molecule has 2 rings (SSSR count). The van der Waals surface area contributed by atoms with E-state index in [1.165, 1.54) is 24.4 Å². The number of aromatic hydroxyl groups is 1. The number of pyridine rings is 1. The molecule has 0 aliphatic heterocycles. The van der Waals surface area contributed by atoms with Crippen LogP contribution in [0.15, 0.2) is 30.5 Å². The second kappa shape index (κ2) is 5.16. The zero-order chi connectivity index (χ0) is 14.0. The van der Waals surface area contributed by atoms with Gasteiger partial charge in [0.2, 0.25) is 0 Å². The van der Waals surface area contributed by atoms with Crippen LogP contribution in [0.5, 0.6) is 5.75 Å². The zero-order valence-corrected chi connectivity index (χ0v) is 10.9. The van der Waals surface area contributed by atoms with E-state index < -0.39 is 5.91 Å². The van der Waals surface area contributed by atoms with Crippen LogP contribution in [0.25, 0.3) is 0 Å². The summed E-state index contributed by atoms with van der Waals surface area (Å²) in [4.78, 5) is 16.1. The van der Waals surface area contributed by atoms with Crippen LogP contribution in [-0.4, -0.2) is 16.0 Å². The van der Waals surface area contributed by atoms with Crippen LogP contribution in [0.1, 0.15) is 15.9 Å². The second-order valence-electron chi connectivity index (χ2n) is 4.05. The minimum Gasteiger partial charge on any atom is -0.508 e. The SMILES string of the molecule is Cc1cc(N)cnc1NC(=O)c1cc(O)ccc1Cl. The van der Waals surface area contributed by atoms with Crippen molar-refractivity contribution in [3.63, 3.8) is 0 Å². The first-order chi connectivity index (χ1) is 8.97. The van der Waals surface area contributed by atoms with E-state index in [1.807, 2.05) is 0 Å². The molecule has 2 aromatic rings.